The topological polar surface area (TPSA) is 38.0 Å². The number of rotatable bonds is 3. The number of fused-ring (bicyclic) bond motifs is 1. The van der Waals surface area contributed by atoms with Gasteiger partial charge in [-0.2, -0.15) is 0 Å². The Morgan fingerprint density at radius 3 is 2.55 bits per heavy atom. The molecular weight excluding hydrogens is 291 g/mol. The third-order valence-electron chi connectivity index (χ3n) is 3.64. The fourth-order valence-corrected chi connectivity index (χ4v) is 2.67. The van der Waals surface area contributed by atoms with Gasteiger partial charge in [0.2, 0.25) is 0 Å². The molecule has 0 spiro atoms. The van der Waals surface area contributed by atoms with Crippen LogP contribution in [0.1, 0.15) is 29.2 Å². The number of aryl methyl sites for hydroxylation is 1. The highest BCUT2D eigenvalue weighted by atomic mass is 35.5. The van der Waals surface area contributed by atoms with Crippen molar-refractivity contribution in [3.05, 3.63) is 65.2 Å². The van der Waals surface area contributed by atoms with Crippen molar-refractivity contribution in [3.8, 4) is 0 Å². The van der Waals surface area contributed by atoms with Crippen LogP contribution < -0.4 is 11.1 Å². The number of nitrogen functional groups attached to an aromatic ring is 1. The second-order valence-corrected chi connectivity index (χ2v) is 4.92. The van der Waals surface area contributed by atoms with Crippen LogP contribution in [0.3, 0.4) is 0 Å². The van der Waals surface area contributed by atoms with Gasteiger partial charge in [0.15, 0.2) is 0 Å². The minimum atomic E-state index is 0. The number of nitrogens with two attached hydrogens (primary N) is 1. The van der Waals surface area contributed by atoms with Crippen molar-refractivity contribution >= 4 is 30.5 Å². The highest BCUT2D eigenvalue weighted by Gasteiger charge is 2.21. The Kier molecular flexibility index (Phi) is 6.34. The summed E-state index contributed by atoms with van der Waals surface area (Å²) in [7, 11) is 0. The van der Waals surface area contributed by atoms with E-state index in [1.807, 2.05) is 6.07 Å². The molecule has 3 rings (SSSR count). The van der Waals surface area contributed by atoms with E-state index < -0.39 is 0 Å². The molecule has 0 bridgehead atoms. The van der Waals surface area contributed by atoms with Crippen LogP contribution in [-0.2, 0) is 13.0 Å². The molecule has 1 unspecified atom stereocenters. The summed E-state index contributed by atoms with van der Waals surface area (Å²) in [5.41, 5.74) is 10.9. The second-order valence-electron chi connectivity index (χ2n) is 4.92. The van der Waals surface area contributed by atoms with Gasteiger partial charge < -0.3 is 11.1 Å². The number of hydrogen-bond donors (Lipinski definition) is 2. The van der Waals surface area contributed by atoms with Crippen LogP contribution in [0.2, 0.25) is 0 Å². The normalized spacial score (nSPS) is 15.9. The molecule has 0 fully saturated rings. The number of halogens is 2. The zero-order valence-corrected chi connectivity index (χ0v) is 12.8. The van der Waals surface area contributed by atoms with Gasteiger partial charge in [-0.05, 0) is 41.7 Å². The third kappa shape index (κ3) is 3.66. The van der Waals surface area contributed by atoms with E-state index in [1.165, 1.54) is 23.1 Å². The van der Waals surface area contributed by atoms with Gasteiger partial charge in [0.1, 0.15) is 0 Å². The molecule has 0 radical (unpaired) electrons. The van der Waals surface area contributed by atoms with E-state index in [0.717, 1.165) is 18.7 Å². The summed E-state index contributed by atoms with van der Waals surface area (Å²) in [5, 5.41) is 3.63. The summed E-state index contributed by atoms with van der Waals surface area (Å²) in [6, 6.07) is 17.2. The van der Waals surface area contributed by atoms with Crippen molar-refractivity contribution in [1.29, 1.82) is 0 Å². The Morgan fingerprint density at radius 1 is 1.05 bits per heavy atom. The maximum atomic E-state index is 5.87. The minimum absolute atomic E-state index is 0. The van der Waals surface area contributed by atoms with E-state index in [9.17, 15) is 0 Å². The van der Waals surface area contributed by atoms with Crippen molar-refractivity contribution in [1.82, 2.24) is 5.32 Å². The Morgan fingerprint density at radius 2 is 1.80 bits per heavy atom. The Balaban J connectivity index is 0.000001000. The summed E-state index contributed by atoms with van der Waals surface area (Å²) >= 11 is 0. The molecule has 0 heterocycles. The molecule has 3 N–H and O–H groups in total. The van der Waals surface area contributed by atoms with E-state index in [-0.39, 0.29) is 24.8 Å². The summed E-state index contributed by atoms with van der Waals surface area (Å²) in [6.45, 7) is 0.916. The number of nitrogens with one attached hydrogen (secondary N) is 1. The van der Waals surface area contributed by atoms with Gasteiger partial charge >= 0.3 is 0 Å². The molecule has 20 heavy (non-hydrogen) atoms. The number of benzene rings is 2. The largest absolute Gasteiger partial charge is 0.399 e. The number of hydrogen-bond acceptors (Lipinski definition) is 2. The monoisotopic (exact) mass is 310 g/mol. The average molecular weight is 311 g/mol. The van der Waals surface area contributed by atoms with Crippen LogP contribution in [0.4, 0.5) is 5.69 Å². The molecule has 0 aliphatic heterocycles. The van der Waals surface area contributed by atoms with Crippen molar-refractivity contribution in [2.24, 2.45) is 0 Å². The zero-order chi connectivity index (χ0) is 12.4. The molecule has 1 aliphatic rings. The highest BCUT2D eigenvalue weighted by molar-refractivity contribution is 5.85. The maximum Gasteiger partial charge on any atom is 0.0329 e. The predicted molar refractivity (Wildman–Crippen MR) is 89.7 cm³/mol. The first-order valence-corrected chi connectivity index (χ1v) is 6.48. The molecule has 2 aromatic rings. The number of anilines is 1. The smallest absolute Gasteiger partial charge is 0.0329 e. The van der Waals surface area contributed by atoms with E-state index in [4.69, 9.17) is 5.73 Å². The highest BCUT2D eigenvalue weighted by Crippen LogP contribution is 2.32. The van der Waals surface area contributed by atoms with Gasteiger partial charge in [0.25, 0.3) is 0 Å². The summed E-state index contributed by atoms with van der Waals surface area (Å²) < 4.78 is 0. The molecule has 4 heteroatoms. The second kappa shape index (κ2) is 7.53. The van der Waals surface area contributed by atoms with Crippen LogP contribution in [0, 0.1) is 0 Å². The molecule has 0 saturated carbocycles. The van der Waals surface area contributed by atoms with Gasteiger partial charge in [0.05, 0.1) is 0 Å². The van der Waals surface area contributed by atoms with Crippen LogP contribution in [0.5, 0.6) is 0 Å². The molecule has 2 aromatic carbocycles. The Labute approximate surface area is 132 Å². The van der Waals surface area contributed by atoms with Crippen molar-refractivity contribution < 1.29 is 0 Å². The lowest BCUT2D eigenvalue weighted by atomic mass is 10.1. The van der Waals surface area contributed by atoms with Crippen LogP contribution in [0.25, 0.3) is 0 Å². The van der Waals surface area contributed by atoms with Gasteiger partial charge in [-0.15, -0.1) is 24.8 Å². The van der Waals surface area contributed by atoms with Gasteiger partial charge in [-0.3, -0.25) is 0 Å². The first-order valence-electron chi connectivity index (χ1n) is 6.48. The van der Waals surface area contributed by atoms with E-state index in [2.05, 4.69) is 47.8 Å². The van der Waals surface area contributed by atoms with Gasteiger partial charge in [-0.25, -0.2) is 0 Å². The minimum Gasteiger partial charge on any atom is -0.399 e. The zero-order valence-electron chi connectivity index (χ0n) is 11.2. The summed E-state index contributed by atoms with van der Waals surface area (Å²) in [6.07, 6.45) is 2.33. The molecule has 2 nitrogen and oxygen atoms in total. The Hall–Kier alpha value is -1.22. The van der Waals surface area contributed by atoms with Crippen LogP contribution in [0.15, 0.2) is 48.5 Å². The summed E-state index contributed by atoms with van der Waals surface area (Å²) in [4.78, 5) is 0. The standard InChI is InChI=1S/C16H18N2.2ClH/c17-14-8-6-13-7-9-16(15(13)10-14)18-11-12-4-2-1-3-5-12;;/h1-6,8,10,16,18H,7,9,11,17H2;2*1H. The van der Waals surface area contributed by atoms with Crippen LogP contribution in [-0.4, -0.2) is 0 Å². The Bertz CT molecular complexity index is 543. The molecule has 0 saturated heterocycles. The SMILES string of the molecule is Cl.Cl.Nc1ccc2c(c1)C(NCc1ccccc1)CC2. The van der Waals surface area contributed by atoms with Crippen molar-refractivity contribution in [2.45, 2.75) is 25.4 Å². The lowest BCUT2D eigenvalue weighted by Gasteiger charge is -2.14. The van der Waals surface area contributed by atoms with Gasteiger partial charge in [0, 0.05) is 18.3 Å². The van der Waals surface area contributed by atoms with Gasteiger partial charge in [-0.1, -0.05) is 36.4 Å². The molecule has 1 aliphatic carbocycles. The quantitative estimate of drug-likeness (QED) is 0.844. The average Bonchev–Trinajstić information content (AvgIpc) is 2.80. The van der Waals surface area contributed by atoms with Crippen molar-refractivity contribution in [3.63, 3.8) is 0 Å². The molecule has 108 valence electrons. The lowest BCUT2D eigenvalue weighted by Crippen LogP contribution is -2.18. The fourth-order valence-electron chi connectivity index (χ4n) is 2.67. The molecule has 0 aromatic heterocycles. The maximum absolute atomic E-state index is 5.87. The summed E-state index contributed by atoms with van der Waals surface area (Å²) in [5.74, 6) is 0. The molecule has 0 amide bonds. The van der Waals surface area contributed by atoms with E-state index in [1.54, 1.807) is 0 Å². The van der Waals surface area contributed by atoms with E-state index >= 15 is 0 Å². The fraction of sp³-hybridized carbons (Fsp3) is 0.250. The molecule has 1 atom stereocenters. The first kappa shape index (κ1) is 16.8. The van der Waals surface area contributed by atoms with E-state index in [0.29, 0.717) is 6.04 Å². The third-order valence-corrected chi connectivity index (χ3v) is 3.64. The lowest BCUT2D eigenvalue weighted by molar-refractivity contribution is 0.530. The first-order chi connectivity index (χ1) is 8.83. The van der Waals surface area contributed by atoms with Crippen LogP contribution >= 0.6 is 24.8 Å². The molecular formula is C16H20Cl2N2. The van der Waals surface area contributed by atoms with Crippen molar-refractivity contribution in [2.75, 3.05) is 5.73 Å². The predicted octanol–water partition coefficient (Wildman–Crippen LogP) is 3.89.